The van der Waals surface area contributed by atoms with Crippen molar-refractivity contribution in [2.24, 2.45) is 17.8 Å². The predicted molar refractivity (Wildman–Crippen MR) is 109 cm³/mol. The molecule has 0 spiro atoms. The van der Waals surface area contributed by atoms with E-state index in [9.17, 15) is 14.3 Å². The van der Waals surface area contributed by atoms with Gasteiger partial charge in [0.2, 0.25) is 0 Å². The second-order valence-corrected chi connectivity index (χ2v) is 8.64. The van der Waals surface area contributed by atoms with Gasteiger partial charge in [0, 0.05) is 30.3 Å². The van der Waals surface area contributed by atoms with Crippen molar-refractivity contribution in [3.63, 3.8) is 0 Å². The molecular weight excluding hydrogens is 365 g/mol. The third-order valence-corrected chi connectivity index (χ3v) is 6.95. The number of fused-ring (bicyclic) bond motifs is 3. The number of carboxylic acid groups (broad SMARTS) is 1. The van der Waals surface area contributed by atoms with Crippen molar-refractivity contribution in [2.45, 2.75) is 31.7 Å². The van der Waals surface area contributed by atoms with Gasteiger partial charge in [0.15, 0.2) is 0 Å². The van der Waals surface area contributed by atoms with Gasteiger partial charge in [-0.05, 0) is 79.0 Å². The summed E-state index contributed by atoms with van der Waals surface area (Å²) in [7, 11) is 0. The molecule has 4 atom stereocenters. The van der Waals surface area contributed by atoms with E-state index in [1.54, 1.807) is 6.07 Å². The van der Waals surface area contributed by atoms with E-state index in [0.717, 1.165) is 44.3 Å². The number of aliphatic carboxylic acids is 1. The molecule has 1 saturated heterocycles. The number of carboxylic acids is 1. The zero-order valence-corrected chi connectivity index (χ0v) is 16.3. The Morgan fingerprint density at radius 3 is 2.41 bits per heavy atom. The lowest BCUT2D eigenvalue weighted by Crippen LogP contribution is -2.45. The van der Waals surface area contributed by atoms with Crippen LogP contribution in [0.25, 0.3) is 0 Å². The van der Waals surface area contributed by atoms with Gasteiger partial charge in [-0.1, -0.05) is 24.0 Å². The van der Waals surface area contributed by atoms with E-state index in [1.807, 2.05) is 6.07 Å². The molecule has 2 bridgehead atoms. The number of benzene rings is 2. The third kappa shape index (κ3) is 3.45. The van der Waals surface area contributed by atoms with E-state index in [1.165, 1.54) is 23.3 Å². The molecule has 3 nitrogen and oxygen atoms in total. The summed E-state index contributed by atoms with van der Waals surface area (Å²) in [6.07, 6.45) is 4.22. The summed E-state index contributed by atoms with van der Waals surface area (Å²) in [4.78, 5) is 14.1. The average Bonchev–Trinajstić information content (AvgIpc) is 3.24. The van der Waals surface area contributed by atoms with Crippen molar-refractivity contribution in [3.8, 4) is 11.8 Å². The van der Waals surface area contributed by atoms with Crippen molar-refractivity contribution in [1.82, 2.24) is 4.90 Å². The van der Waals surface area contributed by atoms with Crippen LogP contribution < -0.4 is 0 Å². The van der Waals surface area contributed by atoms with Crippen molar-refractivity contribution >= 4 is 5.97 Å². The van der Waals surface area contributed by atoms with Crippen molar-refractivity contribution in [2.75, 3.05) is 13.1 Å². The fourth-order valence-corrected chi connectivity index (χ4v) is 5.68. The molecule has 0 aromatic heterocycles. The Balaban J connectivity index is 1.34. The molecule has 4 heteroatoms. The molecule has 1 unspecified atom stereocenters. The number of aryl methyl sites for hydroxylation is 1. The van der Waals surface area contributed by atoms with Crippen LogP contribution in [-0.4, -0.2) is 29.1 Å². The first-order chi connectivity index (χ1) is 14.1. The lowest BCUT2D eigenvalue weighted by molar-refractivity contribution is -0.147. The maximum absolute atomic E-state index is 13.3. The van der Waals surface area contributed by atoms with Gasteiger partial charge < -0.3 is 5.11 Å². The van der Waals surface area contributed by atoms with Crippen LogP contribution in [0.5, 0.6) is 0 Å². The van der Waals surface area contributed by atoms with Crippen molar-refractivity contribution < 1.29 is 14.3 Å². The number of rotatable bonds is 2. The highest BCUT2D eigenvalue weighted by molar-refractivity contribution is 5.71. The lowest BCUT2D eigenvalue weighted by atomic mass is 9.84. The third-order valence-electron chi connectivity index (χ3n) is 6.95. The summed E-state index contributed by atoms with van der Waals surface area (Å²) in [5.41, 5.74) is 4.35. The van der Waals surface area contributed by atoms with Gasteiger partial charge in [-0.3, -0.25) is 9.69 Å². The first kappa shape index (κ1) is 18.4. The largest absolute Gasteiger partial charge is 0.481 e. The van der Waals surface area contributed by atoms with Crippen LogP contribution in [0.1, 0.15) is 47.6 Å². The lowest BCUT2D eigenvalue weighted by Gasteiger charge is -2.39. The molecule has 2 fully saturated rings. The van der Waals surface area contributed by atoms with Gasteiger partial charge >= 0.3 is 5.97 Å². The van der Waals surface area contributed by atoms with Gasteiger partial charge in [0.1, 0.15) is 5.82 Å². The first-order valence-corrected chi connectivity index (χ1v) is 10.5. The van der Waals surface area contributed by atoms with Crippen LogP contribution in [0.3, 0.4) is 0 Å². The molecule has 5 rings (SSSR count). The number of nitrogens with zero attached hydrogens (tertiary/aromatic N) is 1. The number of carbonyl (C=O) groups is 1. The Kier molecular flexibility index (Phi) is 4.64. The Hall–Kier alpha value is -2.64. The molecule has 1 saturated carbocycles. The zero-order chi connectivity index (χ0) is 20.0. The summed E-state index contributed by atoms with van der Waals surface area (Å²) >= 11 is 0. The van der Waals surface area contributed by atoms with E-state index in [2.05, 4.69) is 34.9 Å². The minimum atomic E-state index is -0.606. The highest BCUT2D eigenvalue weighted by Crippen LogP contribution is 2.46. The predicted octanol–water partition coefficient (Wildman–Crippen LogP) is 4.26. The van der Waals surface area contributed by atoms with Gasteiger partial charge in [-0.15, -0.1) is 0 Å². The Labute approximate surface area is 170 Å². The summed E-state index contributed by atoms with van der Waals surface area (Å²) < 4.78 is 13.3. The molecule has 29 heavy (non-hydrogen) atoms. The molecule has 148 valence electrons. The fourth-order valence-electron chi connectivity index (χ4n) is 5.68. The summed E-state index contributed by atoms with van der Waals surface area (Å²) in [5, 5.41) is 9.55. The topological polar surface area (TPSA) is 40.5 Å². The fraction of sp³-hybridized carbons (Fsp3) is 0.400. The van der Waals surface area contributed by atoms with Gasteiger partial charge in [-0.25, -0.2) is 4.39 Å². The standard InChI is InChI=1S/C25H24FNO2/c26-21-3-1-2-16(13-21)4-5-17-6-10-22-18(12-17)9-11-23(22)27-14-19-7-8-20(15-27)24(19)25(28)29/h1-3,6,10,12-13,19-20,23-24H,7-9,11,14-15H2,(H,28,29)/t19-,20+,23?,24+. The van der Waals surface area contributed by atoms with Gasteiger partial charge in [-0.2, -0.15) is 0 Å². The van der Waals surface area contributed by atoms with E-state index < -0.39 is 5.97 Å². The second-order valence-electron chi connectivity index (χ2n) is 8.64. The van der Waals surface area contributed by atoms with Crippen LogP contribution in [0.15, 0.2) is 42.5 Å². The van der Waals surface area contributed by atoms with Crippen molar-refractivity contribution in [3.05, 3.63) is 70.5 Å². The highest BCUT2D eigenvalue weighted by atomic mass is 19.1. The number of hydrogen-bond donors (Lipinski definition) is 1. The minimum Gasteiger partial charge on any atom is -0.481 e. The molecule has 1 heterocycles. The molecule has 1 N–H and O–H groups in total. The Morgan fingerprint density at radius 2 is 1.72 bits per heavy atom. The van der Waals surface area contributed by atoms with Crippen LogP contribution in [-0.2, 0) is 11.2 Å². The van der Waals surface area contributed by atoms with Crippen LogP contribution >= 0.6 is 0 Å². The molecule has 0 amide bonds. The highest BCUT2D eigenvalue weighted by Gasteiger charge is 2.47. The van der Waals surface area contributed by atoms with E-state index >= 15 is 0 Å². The number of piperidine rings is 1. The number of hydrogen-bond acceptors (Lipinski definition) is 2. The van der Waals surface area contributed by atoms with Crippen LogP contribution in [0, 0.1) is 35.4 Å². The number of halogens is 1. The Bertz CT molecular complexity index is 1010. The average molecular weight is 389 g/mol. The maximum atomic E-state index is 13.3. The molecule has 0 radical (unpaired) electrons. The van der Waals surface area contributed by atoms with Gasteiger partial charge in [0.25, 0.3) is 0 Å². The van der Waals surface area contributed by atoms with Crippen LogP contribution in [0.4, 0.5) is 4.39 Å². The minimum absolute atomic E-state index is 0.146. The van der Waals surface area contributed by atoms with E-state index in [-0.39, 0.29) is 11.7 Å². The first-order valence-electron chi connectivity index (χ1n) is 10.5. The zero-order valence-electron chi connectivity index (χ0n) is 16.3. The molecule has 3 aliphatic rings. The van der Waals surface area contributed by atoms with Crippen LogP contribution in [0.2, 0.25) is 0 Å². The maximum Gasteiger partial charge on any atom is 0.307 e. The Morgan fingerprint density at radius 1 is 1.00 bits per heavy atom. The quantitative estimate of drug-likeness (QED) is 0.781. The van der Waals surface area contributed by atoms with Gasteiger partial charge in [0.05, 0.1) is 5.92 Å². The molecule has 1 aliphatic heterocycles. The SMILES string of the molecule is O=C(O)[C@H]1[C@@H]2CC[C@H]1CN(C1CCc3cc(C#Cc4cccc(F)c4)ccc31)C2. The monoisotopic (exact) mass is 389 g/mol. The summed E-state index contributed by atoms with van der Waals surface area (Å²) in [6.45, 7) is 1.80. The van der Waals surface area contributed by atoms with E-state index in [0.29, 0.717) is 23.4 Å². The normalized spacial score (nSPS) is 27.9. The molecular formula is C25H24FNO2. The van der Waals surface area contributed by atoms with E-state index in [4.69, 9.17) is 0 Å². The summed E-state index contributed by atoms with van der Waals surface area (Å²) in [6, 6.07) is 13.2. The second kappa shape index (κ2) is 7.31. The number of likely N-dealkylation sites (tertiary alicyclic amines) is 1. The summed E-state index contributed by atoms with van der Waals surface area (Å²) in [5.74, 6) is 5.78. The smallest absolute Gasteiger partial charge is 0.307 e. The molecule has 2 aliphatic carbocycles. The molecule has 2 aromatic rings. The molecule has 2 aromatic carbocycles. The van der Waals surface area contributed by atoms with Crippen molar-refractivity contribution in [1.29, 1.82) is 0 Å².